The Labute approximate surface area is 121 Å². The van der Waals surface area contributed by atoms with Crippen molar-refractivity contribution in [3.63, 3.8) is 0 Å². The van der Waals surface area contributed by atoms with Gasteiger partial charge in [-0.3, -0.25) is 0 Å². The average Bonchev–Trinajstić information content (AvgIpc) is 2.96. The first-order valence-corrected chi connectivity index (χ1v) is 8.21. The van der Waals surface area contributed by atoms with Gasteiger partial charge in [0, 0.05) is 21.3 Å². The number of hydrogen-bond acceptors (Lipinski definition) is 6. The van der Waals surface area contributed by atoms with E-state index in [1.807, 2.05) is 4.68 Å². The van der Waals surface area contributed by atoms with Crippen LogP contribution in [-0.4, -0.2) is 26.8 Å². The molecule has 3 rings (SSSR count). The Bertz CT molecular complexity index is 536. The maximum atomic E-state index is 5.87. The molecule has 1 aliphatic carbocycles. The molecular formula is C10H12BrN5S2. The van der Waals surface area contributed by atoms with E-state index in [9.17, 15) is 0 Å². The second-order valence-corrected chi connectivity index (χ2v) is 7.18. The zero-order chi connectivity index (χ0) is 12.5. The summed E-state index contributed by atoms with van der Waals surface area (Å²) in [7, 11) is 0. The van der Waals surface area contributed by atoms with Crippen molar-refractivity contribution in [2.24, 2.45) is 5.73 Å². The van der Waals surface area contributed by atoms with Crippen LogP contribution in [-0.2, 0) is 0 Å². The number of hydrogen-bond donors (Lipinski definition) is 1. The number of rotatable bonds is 5. The van der Waals surface area contributed by atoms with Crippen LogP contribution in [0.25, 0.3) is 0 Å². The van der Waals surface area contributed by atoms with E-state index in [2.05, 4.69) is 42.9 Å². The quantitative estimate of drug-likeness (QED) is 0.843. The van der Waals surface area contributed by atoms with Crippen molar-refractivity contribution >= 4 is 39.0 Å². The van der Waals surface area contributed by atoms with Crippen molar-refractivity contribution in [2.75, 3.05) is 6.54 Å². The second-order valence-electron chi connectivity index (χ2n) is 4.15. The highest BCUT2D eigenvalue weighted by molar-refractivity contribution is 9.10. The Hall–Kier alpha value is -0.440. The van der Waals surface area contributed by atoms with Gasteiger partial charge in [-0.1, -0.05) is 11.8 Å². The van der Waals surface area contributed by atoms with Crippen molar-refractivity contribution in [1.82, 2.24) is 20.2 Å². The number of thioether (sulfide) groups is 1. The van der Waals surface area contributed by atoms with Crippen molar-refractivity contribution in [1.29, 1.82) is 0 Å². The molecule has 1 aliphatic rings. The molecule has 2 aromatic rings. The molecule has 0 radical (unpaired) electrons. The standard InChI is InChI=1S/C10H12BrN5S2/c11-6-3-8(17-5-6)9(4-12)18-10-13-14-15-16(10)7-1-2-7/h3,5,7,9H,1-2,4,12H2. The number of nitrogens with zero attached hydrogens (tertiary/aromatic N) is 4. The summed E-state index contributed by atoms with van der Waals surface area (Å²) >= 11 is 6.83. The monoisotopic (exact) mass is 345 g/mol. The maximum absolute atomic E-state index is 5.87. The minimum Gasteiger partial charge on any atom is -0.329 e. The largest absolute Gasteiger partial charge is 0.329 e. The molecule has 8 heteroatoms. The summed E-state index contributed by atoms with van der Waals surface area (Å²) in [6.45, 7) is 0.579. The van der Waals surface area contributed by atoms with Gasteiger partial charge < -0.3 is 5.73 Å². The van der Waals surface area contributed by atoms with E-state index in [1.54, 1.807) is 23.1 Å². The number of halogens is 1. The van der Waals surface area contributed by atoms with Crippen LogP contribution in [0.2, 0.25) is 0 Å². The van der Waals surface area contributed by atoms with Gasteiger partial charge in [-0.15, -0.1) is 16.4 Å². The maximum Gasteiger partial charge on any atom is 0.210 e. The number of nitrogens with two attached hydrogens (primary N) is 1. The SMILES string of the molecule is NCC(Sc1nnnn1C1CC1)c1cc(Br)cs1. The first-order chi connectivity index (χ1) is 8.78. The third-order valence-electron chi connectivity index (χ3n) is 2.72. The van der Waals surface area contributed by atoms with E-state index >= 15 is 0 Å². The molecule has 2 heterocycles. The molecule has 96 valence electrons. The topological polar surface area (TPSA) is 69.6 Å². The van der Waals surface area contributed by atoms with Crippen LogP contribution < -0.4 is 5.73 Å². The first kappa shape index (κ1) is 12.6. The lowest BCUT2D eigenvalue weighted by atomic mass is 10.3. The molecule has 0 spiro atoms. The summed E-state index contributed by atoms with van der Waals surface area (Å²) in [4.78, 5) is 1.25. The van der Waals surface area contributed by atoms with Crippen LogP contribution in [0, 0.1) is 0 Å². The lowest BCUT2D eigenvalue weighted by molar-refractivity contribution is 0.564. The van der Waals surface area contributed by atoms with Gasteiger partial charge in [0.2, 0.25) is 5.16 Å². The van der Waals surface area contributed by atoms with Gasteiger partial charge in [-0.2, -0.15) is 0 Å². The predicted octanol–water partition coefficient (Wildman–Crippen LogP) is 2.62. The van der Waals surface area contributed by atoms with Gasteiger partial charge in [0.25, 0.3) is 0 Å². The van der Waals surface area contributed by atoms with Crippen LogP contribution >= 0.6 is 39.0 Å². The Morgan fingerprint density at radius 2 is 2.44 bits per heavy atom. The second kappa shape index (κ2) is 5.28. The normalized spacial score (nSPS) is 17.0. The Morgan fingerprint density at radius 3 is 3.06 bits per heavy atom. The molecule has 18 heavy (non-hydrogen) atoms. The highest BCUT2D eigenvalue weighted by Gasteiger charge is 2.29. The van der Waals surface area contributed by atoms with E-state index in [4.69, 9.17) is 5.73 Å². The zero-order valence-electron chi connectivity index (χ0n) is 9.49. The molecule has 0 aromatic carbocycles. The third-order valence-corrected chi connectivity index (χ3v) is 5.89. The number of aromatic nitrogens is 4. The molecule has 2 aromatic heterocycles. The van der Waals surface area contributed by atoms with E-state index in [-0.39, 0.29) is 5.25 Å². The molecule has 0 bridgehead atoms. The zero-order valence-corrected chi connectivity index (χ0v) is 12.7. The lowest BCUT2D eigenvalue weighted by Crippen LogP contribution is -2.09. The van der Waals surface area contributed by atoms with Crippen LogP contribution in [0.4, 0.5) is 0 Å². The van der Waals surface area contributed by atoms with E-state index < -0.39 is 0 Å². The summed E-state index contributed by atoms with van der Waals surface area (Å²) in [6.07, 6.45) is 2.35. The van der Waals surface area contributed by atoms with E-state index in [0.29, 0.717) is 12.6 Å². The molecule has 0 aliphatic heterocycles. The summed E-state index contributed by atoms with van der Waals surface area (Å²) in [5.74, 6) is 0. The van der Waals surface area contributed by atoms with Crippen molar-refractivity contribution in [3.05, 3.63) is 20.8 Å². The van der Waals surface area contributed by atoms with Gasteiger partial charge in [-0.25, -0.2) is 4.68 Å². The predicted molar refractivity (Wildman–Crippen MR) is 75.8 cm³/mol. The molecule has 1 unspecified atom stereocenters. The average molecular weight is 346 g/mol. The fraction of sp³-hybridized carbons (Fsp3) is 0.500. The molecule has 5 nitrogen and oxygen atoms in total. The highest BCUT2D eigenvalue weighted by Crippen LogP contribution is 2.41. The van der Waals surface area contributed by atoms with Gasteiger partial charge in [-0.05, 0) is 45.3 Å². The molecule has 2 N–H and O–H groups in total. The molecule has 1 atom stereocenters. The summed E-state index contributed by atoms with van der Waals surface area (Å²) in [5, 5.41) is 15.1. The Morgan fingerprint density at radius 1 is 1.61 bits per heavy atom. The molecule has 0 amide bonds. The van der Waals surface area contributed by atoms with Crippen molar-refractivity contribution in [2.45, 2.75) is 29.3 Å². The van der Waals surface area contributed by atoms with Gasteiger partial charge in [0.1, 0.15) is 0 Å². The smallest absolute Gasteiger partial charge is 0.210 e. The van der Waals surface area contributed by atoms with E-state index in [1.165, 1.54) is 17.7 Å². The molecule has 0 saturated heterocycles. The summed E-state index contributed by atoms with van der Waals surface area (Å²) in [5.41, 5.74) is 5.87. The summed E-state index contributed by atoms with van der Waals surface area (Å²) < 4.78 is 3.03. The van der Waals surface area contributed by atoms with Crippen LogP contribution in [0.3, 0.4) is 0 Å². The van der Waals surface area contributed by atoms with Gasteiger partial charge in [0.05, 0.1) is 11.3 Å². The number of thiophene rings is 1. The van der Waals surface area contributed by atoms with Crippen molar-refractivity contribution < 1.29 is 0 Å². The molecular weight excluding hydrogens is 334 g/mol. The van der Waals surface area contributed by atoms with Crippen LogP contribution in [0.15, 0.2) is 21.1 Å². The fourth-order valence-corrected chi connectivity index (χ4v) is 4.32. The summed E-state index contributed by atoms with van der Waals surface area (Å²) in [6, 6.07) is 2.61. The van der Waals surface area contributed by atoms with Gasteiger partial charge >= 0.3 is 0 Å². The number of tetrazole rings is 1. The molecule has 1 saturated carbocycles. The molecule has 1 fully saturated rings. The van der Waals surface area contributed by atoms with Crippen LogP contribution in [0.1, 0.15) is 29.0 Å². The first-order valence-electron chi connectivity index (χ1n) is 5.66. The lowest BCUT2D eigenvalue weighted by Gasteiger charge is -2.11. The van der Waals surface area contributed by atoms with Crippen LogP contribution in [0.5, 0.6) is 0 Å². The minimum atomic E-state index is 0.213. The Kier molecular flexibility index (Phi) is 3.69. The highest BCUT2D eigenvalue weighted by atomic mass is 79.9. The van der Waals surface area contributed by atoms with Crippen molar-refractivity contribution in [3.8, 4) is 0 Å². The Balaban J connectivity index is 1.78. The van der Waals surface area contributed by atoms with Gasteiger partial charge in [0.15, 0.2) is 0 Å². The fourth-order valence-electron chi connectivity index (χ4n) is 1.66. The minimum absolute atomic E-state index is 0.213. The third kappa shape index (κ3) is 2.61. The van der Waals surface area contributed by atoms with E-state index in [0.717, 1.165) is 9.63 Å².